The number of nitrogens with zero attached hydrogens (tertiary/aromatic N) is 4. The SMILES string of the molecule is O=C(O)CN(CC(F)(F)F)C(=O)Nc1nnns1. The molecule has 2 N–H and O–H groups in total. The number of alkyl halides is 3. The number of anilines is 1. The molecule has 0 aliphatic rings. The summed E-state index contributed by atoms with van der Waals surface area (Å²) in [5, 5.41) is 16.7. The molecule has 0 fully saturated rings. The monoisotopic (exact) mass is 285 g/mol. The summed E-state index contributed by atoms with van der Waals surface area (Å²) in [5.41, 5.74) is 0. The van der Waals surface area contributed by atoms with Gasteiger partial charge in [0.15, 0.2) is 0 Å². The number of hydrogen-bond donors (Lipinski definition) is 2. The molecular weight excluding hydrogens is 279 g/mol. The molecule has 12 heteroatoms. The second-order valence-corrected chi connectivity index (χ2v) is 3.70. The normalized spacial score (nSPS) is 11.1. The van der Waals surface area contributed by atoms with Gasteiger partial charge in [0.1, 0.15) is 13.1 Å². The highest BCUT2D eigenvalue weighted by atomic mass is 32.1. The Labute approximate surface area is 102 Å². The molecule has 1 rings (SSSR count). The van der Waals surface area contributed by atoms with Gasteiger partial charge in [-0.05, 0) is 5.21 Å². The van der Waals surface area contributed by atoms with Gasteiger partial charge in [-0.25, -0.2) is 4.79 Å². The van der Waals surface area contributed by atoms with Gasteiger partial charge >= 0.3 is 18.2 Å². The average Bonchev–Trinajstić information content (AvgIpc) is 2.66. The maximum absolute atomic E-state index is 12.1. The molecule has 0 bridgehead atoms. The Bertz CT molecular complexity index is 423. The van der Waals surface area contributed by atoms with Gasteiger partial charge in [-0.3, -0.25) is 10.1 Å². The predicted octanol–water partition coefficient (Wildman–Crippen LogP) is 0.414. The van der Waals surface area contributed by atoms with Crippen LogP contribution >= 0.6 is 11.5 Å². The van der Waals surface area contributed by atoms with E-state index in [0.717, 1.165) is 0 Å². The summed E-state index contributed by atoms with van der Waals surface area (Å²) in [6.45, 7) is -2.77. The van der Waals surface area contributed by atoms with Crippen molar-refractivity contribution in [3.05, 3.63) is 0 Å². The minimum Gasteiger partial charge on any atom is -0.480 e. The van der Waals surface area contributed by atoms with E-state index in [1.807, 2.05) is 5.32 Å². The summed E-state index contributed by atoms with van der Waals surface area (Å²) in [6.07, 6.45) is -4.70. The predicted molar refractivity (Wildman–Crippen MR) is 52.0 cm³/mol. The Morgan fingerprint density at radius 3 is 2.56 bits per heavy atom. The fourth-order valence-corrected chi connectivity index (χ4v) is 1.29. The molecule has 0 atom stereocenters. The minimum atomic E-state index is -4.70. The summed E-state index contributed by atoms with van der Waals surface area (Å²) in [6, 6.07) is -1.24. The summed E-state index contributed by atoms with van der Waals surface area (Å²) in [5.74, 6) is -1.57. The lowest BCUT2D eigenvalue weighted by molar-refractivity contribution is -0.148. The second kappa shape index (κ2) is 5.57. The number of rotatable bonds is 4. The van der Waals surface area contributed by atoms with Crippen molar-refractivity contribution in [3.63, 3.8) is 0 Å². The molecule has 0 spiro atoms. The minimum absolute atomic E-state index is 0.0870. The molecule has 2 amide bonds. The summed E-state index contributed by atoms with van der Waals surface area (Å²) >= 11 is 0.646. The average molecular weight is 285 g/mol. The van der Waals surface area contributed by atoms with Crippen LogP contribution in [0.4, 0.5) is 23.1 Å². The van der Waals surface area contributed by atoms with E-state index >= 15 is 0 Å². The van der Waals surface area contributed by atoms with Gasteiger partial charge in [-0.1, -0.05) is 9.59 Å². The van der Waals surface area contributed by atoms with Gasteiger partial charge in [0.05, 0.1) is 0 Å². The topological polar surface area (TPSA) is 108 Å². The molecule has 0 aromatic carbocycles. The maximum Gasteiger partial charge on any atom is 0.406 e. The molecule has 1 aromatic heterocycles. The van der Waals surface area contributed by atoms with Gasteiger partial charge in [0, 0.05) is 11.5 Å². The van der Waals surface area contributed by atoms with Crippen LogP contribution in [0.5, 0.6) is 0 Å². The Hall–Kier alpha value is -1.98. The van der Waals surface area contributed by atoms with E-state index in [0.29, 0.717) is 11.5 Å². The van der Waals surface area contributed by atoms with Crippen LogP contribution in [0.1, 0.15) is 0 Å². The largest absolute Gasteiger partial charge is 0.480 e. The highest BCUT2D eigenvalue weighted by Crippen LogP contribution is 2.17. The number of aliphatic carboxylic acids is 1. The molecule has 0 saturated carbocycles. The number of carboxylic acids is 1. The maximum atomic E-state index is 12.1. The molecule has 1 heterocycles. The van der Waals surface area contributed by atoms with Crippen molar-refractivity contribution in [3.8, 4) is 0 Å². The number of amides is 2. The van der Waals surface area contributed by atoms with Crippen molar-refractivity contribution in [2.24, 2.45) is 0 Å². The van der Waals surface area contributed by atoms with Gasteiger partial charge < -0.3 is 10.0 Å². The van der Waals surface area contributed by atoms with Gasteiger partial charge in [-0.2, -0.15) is 13.2 Å². The van der Waals surface area contributed by atoms with Crippen LogP contribution in [0.2, 0.25) is 0 Å². The van der Waals surface area contributed by atoms with E-state index in [2.05, 4.69) is 14.8 Å². The standard InChI is InChI=1S/C6H6F3N5O3S/c7-6(8,9)2-14(1-3(15)16)5(17)10-4-11-12-13-18-4/h1-2H2,(H,15,16)(H,10,11,13,17). The molecular formula is C6H6F3N5O3S. The second-order valence-electron chi connectivity index (χ2n) is 2.96. The zero-order valence-electron chi connectivity index (χ0n) is 8.51. The van der Waals surface area contributed by atoms with E-state index in [-0.39, 0.29) is 10.0 Å². The van der Waals surface area contributed by atoms with Crippen molar-refractivity contribution in [1.29, 1.82) is 0 Å². The molecule has 0 aliphatic heterocycles. The van der Waals surface area contributed by atoms with E-state index in [1.165, 1.54) is 0 Å². The van der Waals surface area contributed by atoms with Crippen molar-refractivity contribution in [1.82, 2.24) is 19.7 Å². The number of hydrogen-bond acceptors (Lipinski definition) is 6. The van der Waals surface area contributed by atoms with Crippen molar-refractivity contribution >= 4 is 28.7 Å². The Balaban J connectivity index is 2.69. The number of nitrogens with one attached hydrogen (secondary N) is 1. The zero-order valence-corrected chi connectivity index (χ0v) is 9.33. The number of carbonyl (C=O) groups excluding carboxylic acids is 1. The van der Waals surface area contributed by atoms with Gasteiger partial charge in [0.25, 0.3) is 0 Å². The zero-order chi connectivity index (χ0) is 13.8. The van der Waals surface area contributed by atoms with Crippen LogP contribution in [0, 0.1) is 0 Å². The summed E-state index contributed by atoms with van der Waals surface area (Å²) in [7, 11) is 0. The molecule has 0 radical (unpaired) electrons. The molecule has 0 unspecified atom stereocenters. The number of halogens is 3. The fraction of sp³-hybridized carbons (Fsp3) is 0.500. The van der Waals surface area contributed by atoms with Crippen LogP contribution in [0.15, 0.2) is 0 Å². The molecule has 0 saturated heterocycles. The number of carbonyl (C=O) groups is 2. The lowest BCUT2D eigenvalue weighted by atomic mass is 10.5. The van der Waals surface area contributed by atoms with E-state index in [1.54, 1.807) is 0 Å². The molecule has 8 nitrogen and oxygen atoms in total. The van der Waals surface area contributed by atoms with Crippen molar-refractivity contribution in [2.45, 2.75) is 6.18 Å². The first-order chi connectivity index (χ1) is 8.28. The number of urea groups is 1. The highest BCUT2D eigenvalue weighted by Gasteiger charge is 2.34. The van der Waals surface area contributed by atoms with Gasteiger partial charge in [-0.15, -0.1) is 0 Å². The Morgan fingerprint density at radius 1 is 1.44 bits per heavy atom. The smallest absolute Gasteiger partial charge is 0.406 e. The van der Waals surface area contributed by atoms with E-state index < -0.39 is 31.3 Å². The third kappa shape index (κ3) is 4.90. The lowest BCUT2D eigenvalue weighted by Gasteiger charge is -2.21. The van der Waals surface area contributed by atoms with Crippen LogP contribution < -0.4 is 5.32 Å². The third-order valence-electron chi connectivity index (χ3n) is 1.50. The summed E-state index contributed by atoms with van der Waals surface area (Å²) in [4.78, 5) is 21.8. The first-order valence-electron chi connectivity index (χ1n) is 4.27. The highest BCUT2D eigenvalue weighted by molar-refractivity contribution is 7.09. The van der Waals surface area contributed by atoms with Crippen LogP contribution in [0.25, 0.3) is 0 Å². The van der Waals surface area contributed by atoms with Crippen LogP contribution in [-0.4, -0.2) is 56.1 Å². The van der Waals surface area contributed by atoms with Crippen LogP contribution in [-0.2, 0) is 4.79 Å². The van der Waals surface area contributed by atoms with Gasteiger partial charge in [0.2, 0.25) is 5.13 Å². The quantitative estimate of drug-likeness (QED) is 0.829. The first-order valence-corrected chi connectivity index (χ1v) is 5.05. The number of carboxylic acid groups (broad SMARTS) is 1. The van der Waals surface area contributed by atoms with E-state index in [4.69, 9.17) is 5.11 Å². The first kappa shape index (κ1) is 14.1. The van der Waals surface area contributed by atoms with Crippen LogP contribution in [0.3, 0.4) is 0 Å². The van der Waals surface area contributed by atoms with Crippen molar-refractivity contribution < 1.29 is 27.9 Å². The third-order valence-corrected chi connectivity index (χ3v) is 2.01. The molecule has 100 valence electrons. The molecule has 1 aromatic rings. The Morgan fingerprint density at radius 2 is 2.11 bits per heavy atom. The van der Waals surface area contributed by atoms with Crippen molar-refractivity contribution in [2.75, 3.05) is 18.4 Å². The summed E-state index contributed by atoms with van der Waals surface area (Å²) < 4.78 is 39.7. The number of aromatic nitrogens is 3. The molecule has 0 aliphatic carbocycles. The Kier molecular flexibility index (Phi) is 4.36. The van der Waals surface area contributed by atoms with E-state index in [9.17, 15) is 22.8 Å². The fourth-order valence-electron chi connectivity index (χ4n) is 0.932. The lowest BCUT2D eigenvalue weighted by Crippen LogP contribution is -2.44. The molecule has 18 heavy (non-hydrogen) atoms.